The number of nitrogens with two attached hydrogens (primary N) is 1. The molecule has 0 aromatic heterocycles. The first-order valence-corrected chi connectivity index (χ1v) is 6.25. The molecule has 1 rings (SSSR count). The Labute approximate surface area is 105 Å². The molecule has 0 aliphatic heterocycles. The van der Waals surface area contributed by atoms with Crippen LogP contribution in [0.3, 0.4) is 0 Å². The maximum Gasteiger partial charge on any atom is 0.119 e. The summed E-state index contributed by atoms with van der Waals surface area (Å²) in [5.74, 6) is 0.917. The second-order valence-electron chi connectivity index (χ2n) is 4.63. The van der Waals surface area contributed by atoms with Crippen molar-refractivity contribution >= 4 is 0 Å². The second-order valence-corrected chi connectivity index (χ2v) is 4.63. The topological polar surface area (TPSA) is 38.5 Å². The van der Waals surface area contributed by atoms with Gasteiger partial charge in [0.15, 0.2) is 0 Å². The molecule has 0 bridgehead atoms. The highest BCUT2D eigenvalue weighted by Gasteiger charge is 2.02. The fourth-order valence-electron chi connectivity index (χ4n) is 1.52. The predicted molar refractivity (Wildman–Crippen MR) is 72.2 cm³/mol. The van der Waals surface area contributed by atoms with Gasteiger partial charge in [0, 0.05) is 19.1 Å². The van der Waals surface area contributed by atoms with E-state index in [2.05, 4.69) is 25.8 Å². The second kappa shape index (κ2) is 7.30. The van der Waals surface area contributed by atoms with E-state index in [4.69, 9.17) is 10.5 Å². The van der Waals surface area contributed by atoms with Crippen molar-refractivity contribution in [2.24, 2.45) is 5.73 Å². The zero-order valence-corrected chi connectivity index (χ0v) is 11.1. The Balaban J connectivity index is 2.26. The van der Waals surface area contributed by atoms with Crippen molar-refractivity contribution in [1.29, 1.82) is 0 Å². The van der Waals surface area contributed by atoms with Crippen LogP contribution in [0, 0.1) is 0 Å². The lowest BCUT2D eigenvalue weighted by Gasteiger charge is -2.20. The summed E-state index contributed by atoms with van der Waals surface area (Å²) < 4.78 is 5.70. The molecule has 0 aliphatic carbocycles. The van der Waals surface area contributed by atoms with Gasteiger partial charge >= 0.3 is 0 Å². The van der Waals surface area contributed by atoms with Gasteiger partial charge < -0.3 is 15.4 Å². The van der Waals surface area contributed by atoms with Gasteiger partial charge in [0.25, 0.3) is 0 Å². The van der Waals surface area contributed by atoms with Gasteiger partial charge in [0.2, 0.25) is 0 Å². The maximum absolute atomic E-state index is 5.70. The highest BCUT2D eigenvalue weighted by molar-refractivity contribution is 5.28. The van der Waals surface area contributed by atoms with Gasteiger partial charge in [-0.1, -0.05) is 12.1 Å². The van der Waals surface area contributed by atoms with Crippen LogP contribution in [0.25, 0.3) is 0 Å². The van der Waals surface area contributed by atoms with Crippen molar-refractivity contribution in [2.45, 2.75) is 32.9 Å². The van der Waals surface area contributed by atoms with Crippen molar-refractivity contribution in [2.75, 3.05) is 20.2 Å². The SMILES string of the molecule is CC(C)N(C)CCCOc1cccc(CN)c1. The summed E-state index contributed by atoms with van der Waals surface area (Å²) in [7, 11) is 2.14. The monoisotopic (exact) mass is 236 g/mol. The molecule has 3 heteroatoms. The highest BCUT2D eigenvalue weighted by Crippen LogP contribution is 2.13. The van der Waals surface area contributed by atoms with E-state index < -0.39 is 0 Å². The summed E-state index contributed by atoms with van der Waals surface area (Å²) in [6.07, 6.45) is 1.04. The Morgan fingerprint density at radius 3 is 2.76 bits per heavy atom. The summed E-state index contributed by atoms with van der Waals surface area (Å²) in [6.45, 7) is 6.78. The first-order chi connectivity index (χ1) is 8.13. The van der Waals surface area contributed by atoms with Crippen LogP contribution >= 0.6 is 0 Å². The zero-order valence-electron chi connectivity index (χ0n) is 11.1. The zero-order chi connectivity index (χ0) is 12.7. The van der Waals surface area contributed by atoms with E-state index in [0.717, 1.165) is 30.9 Å². The van der Waals surface area contributed by atoms with Crippen LogP contribution in [-0.4, -0.2) is 31.1 Å². The summed E-state index contributed by atoms with van der Waals surface area (Å²) in [5, 5.41) is 0. The van der Waals surface area contributed by atoms with Gasteiger partial charge in [-0.25, -0.2) is 0 Å². The number of benzene rings is 1. The molecule has 0 fully saturated rings. The van der Waals surface area contributed by atoms with Crippen LogP contribution < -0.4 is 10.5 Å². The minimum atomic E-state index is 0.563. The van der Waals surface area contributed by atoms with Crippen LogP contribution in [0.1, 0.15) is 25.8 Å². The van der Waals surface area contributed by atoms with E-state index in [0.29, 0.717) is 12.6 Å². The molecular formula is C14H24N2O. The van der Waals surface area contributed by atoms with E-state index in [9.17, 15) is 0 Å². The van der Waals surface area contributed by atoms with E-state index in [1.807, 2.05) is 24.3 Å². The van der Waals surface area contributed by atoms with E-state index in [1.54, 1.807) is 0 Å². The Hall–Kier alpha value is -1.06. The van der Waals surface area contributed by atoms with Gasteiger partial charge in [-0.15, -0.1) is 0 Å². The maximum atomic E-state index is 5.70. The van der Waals surface area contributed by atoms with Crippen molar-refractivity contribution in [1.82, 2.24) is 4.90 Å². The van der Waals surface area contributed by atoms with Crippen LogP contribution in [0.2, 0.25) is 0 Å². The molecule has 3 nitrogen and oxygen atoms in total. The lowest BCUT2D eigenvalue weighted by atomic mass is 10.2. The predicted octanol–water partition coefficient (Wildman–Crippen LogP) is 2.25. The van der Waals surface area contributed by atoms with E-state index in [-0.39, 0.29) is 0 Å². The minimum Gasteiger partial charge on any atom is -0.494 e. The lowest BCUT2D eigenvalue weighted by molar-refractivity contribution is 0.234. The molecule has 1 aromatic rings. The minimum absolute atomic E-state index is 0.563. The van der Waals surface area contributed by atoms with Gasteiger partial charge in [0.05, 0.1) is 6.61 Å². The summed E-state index contributed by atoms with van der Waals surface area (Å²) in [6, 6.07) is 8.57. The van der Waals surface area contributed by atoms with Crippen molar-refractivity contribution in [3.05, 3.63) is 29.8 Å². The Bertz CT molecular complexity index is 326. The molecule has 0 atom stereocenters. The number of rotatable bonds is 7. The standard InChI is InChI=1S/C14H24N2O/c1-12(2)16(3)8-5-9-17-14-7-4-6-13(10-14)11-15/h4,6-7,10,12H,5,8-9,11,15H2,1-3H3. The number of hydrogen-bond acceptors (Lipinski definition) is 3. The molecule has 0 saturated heterocycles. The fourth-order valence-corrected chi connectivity index (χ4v) is 1.52. The molecule has 1 aromatic carbocycles. The van der Waals surface area contributed by atoms with E-state index in [1.165, 1.54) is 0 Å². The van der Waals surface area contributed by atoms with Gasteiger partial charge in [-0.3, -0.25) is 0 Å². The Morgan fingerprint density at radius 1 is 1.35 bits per heavy atom. The molecule has 0 radical (unpaired) electrons. The van der Waals surface area contributed by atoms with Crippen LogP contribution in [0.5, 0.6) is 5.75 Å². The van der Waals surface area contributed by atoms with Crippen molar-refractivity contribution in [3.63, 3.8) is 0 Å². The summed E-state index contributed by atoms with van der Waals surface area (Å²) in [5.41, 5.74) is 6.70. The Kier molecular flexibility index (Phi) is 6.01. The largest absolute Gasteiger partial charge is 0.494 e. The average molecular weight is 236 g/mol. The lowest BCUT2D eigenvalue weighted by Crippen LogP contribution is -2.28. The molecule has 2 N–H and O–H groups in total. The van der Waals surface area contributed by atoms with Gasteiger partial charge in [0.1, 0.15) is 5.75 Å². The number of ether oxygens (including phenoxy) is 1. The highest BCUT2D eigenvalue weighted by atomic mass is 16.5. The third-order valence-corrected chi connectivity index (χ3v) is 2.94. The fraction of sp³-hybridized carbons (Fsp3) is 0.571. The molecule has 0 aliphatic rings. The molecule has 0 spiro atoms. The normalized spacial score (nSPS) is 11.2. The number of hydrogen-bond donors (Lipinski definition) is 1. The molecule has 0 amide bonds. The van der Waals surface area contributed by atoms with Crippen LogP contribution in [-0.2, 0) is 6.54 Å². The molecule has 17 heavy (non-hydrogen) atoms. The van der Waals surface area contributed by atoms with Crippen LogP contribution in [0.15, 0.2) is 24.3 Å². The Morgan fingerprint density at radius 2 is 2.12 bits per heavy atom. The van der Waals surface area contributed by atoms with E-state index >= 15 is 0 Å². The van der Waals surface area contributed by atoms with Gasteiger partial charge in [-0.2, -0.15) is 0 Å². The number of nitrogens with zero attached hydrogens (tertiary/aromatic N) is 1. The quantitative estimate of drug-likeness (QED) is 0.738. The molecule has 0 unspecified atom stereocenters. The summed E-state index contributed by atoms with van der Waals surface area (Å²) >= 11 is 0. The van der Waals surface area contributed by atoms with Gasteiger partial charge in [-0.05, 0) is 45.0 Å². The van der Waals surface area contributed by atoms with Crippen molar-refractivity contribution in [3.8, 4) is 5.75 Å². The molecule has 0 heterocycles. The van der Waals surface area contributed by atoms with Crippen molar-refractivity contribution < 1.29 is 4.74 Å². The molecule has 96 valence electrons. The first-order valence-electron chi connectivity index (χ1n) is 6.25. The molecule has 0 saturated carbocycles. The summed E-state index contributed by atoms with van der Waals surface area (Å²) in [4.78, 5) is 2.32. The smallest absolute Gasteiger partial charge is 0.119 e. The third kappa shape index (κ3) is 5.20. The first kappa shape index (κ1) is 14.0. The average Bonchev–Trinajstić information content (AvgIpc) is 2.34. The molecular weight excluding hydrogens is 212 g/mol. The third-order valence-electron chi connectivity index (χ3n) is 2.94. The van der Waals surface area contributed by atoms with Crippen LogP contribution in [0.4, 0.5) is 0 Å².